The van der Waals surface area contributed by atoms with Crippen LogP contribution in [0.1, 0.15) is 19.0 Å². The van der Waals surface area contributed by atoms with Gasteiger partial charge in [-0.05, 0) is 5.92 Å². The van der Waals surface area contributed by atoms with Crippen LogP contribution in [0.4, 0.5) is 0 Å². The van der Waals surface area contributed by atoms with E-state index < -0.39 is 0 Å². The second kappa shape index (κ2) is 6.04. The van der Waals surface area contributed by atoms with Crippen molar-refractivity contribution in [3.63, 3.8) is 0 Å². The highest BCUT2D eigenvalue weighted by atomic mass is 32.2. The van der Waals surface area contributed by atoms with E-state index in [9.17, 15) is 9.59 Å². The number of likely N-dealkylation sites (tertiary alicyclic amines) is 1. The van der Waals surface area contributed by atoms with Crippen LogP contribution in [-0.2, 0) is 16.0 Å². The van der Waals surface area contributed by atoms with Crippen molar-refractivity contribution in [1.82, 2.24) is 14.9 Å². The molecule has 0 bridgehead atoms. The number of carbonyl (C=O) groups excluding carboxylic acids is 2. The van der Waals surface area contributed by atoms with Crippen LogP contribution in [0.25, 0.3) is 0 Å². The third kappa shape index (κ3) is 3.60. The van der Waals surface area contributed by atoms with Gasteiger partial charge in [-0.25, -0.2) is 4.98 Å². The first-order valence-electron chi connectivity index (χ1n) is 6.03. The summed E-state index contributed by atoms with van der Waals surface area (Å²) in [5, 5.41) is 0.123. The SMILES string of the molecule is CC(=O)SCC1CC(=O)N(CCc2cnc[nH]2)C1. The van der Waals surface area contributed by atoms with Crippen molar-refractivity contribution in [2.75, 3.05) is 18.8 Å². The number of nitrogens with zero attached hydrogens (tertiary/aromatic N) is 2. The number of amides is 1. The first-order chi connectivity index (χ1) is 8.65. The van der Waals surface area contributed by atoms with Crippen LogP contribution < -0.4 is 0 Å². The van der Waals surface area contributed by atoms with E-state index in [-0.39, 0.29) is 11.0 Å². The predicted octanol–water partition coefficient (Wildman–Crippen LogP) is 1.08. The number of hydrogen-bond acceptors (Lipinski definition) is 4. The highest BCUT2D eigenvalue weighted by Gasteiger charge is 2.29. The lowest BCUT2D eigenvalue weighted by Gasteiger charge is -2.15. The largest absolute Gasteiger partial charge is 0.348 e. The van der Waals surface area contributed by atoms with Gasteiger partial charge < -0.3 is 9.88 Å². The van der Waals surface area contributed by atoms with Gasteiger partial charge in [0.25, 0.3) is 0 Å². The number of aromatic amines is 1. The number of carbonyl (C=O) groups is 2. The van der Waals surface area contributed by atoms with Crippen LogP contribution in [0, 0.1) is 5.92 Å². The van der Waals surface area contributed by atoms with E-state index in [0.717, 1.165) is 31.0 Å². The molecule has 1 amide bonds. The van der Waals surface area contributed by atoms with Gasteiger partial charge in [0, 0.05) is 50.5 Å². The number of aromatic nitrogens is 2. The molecule has 1 aliphatic heterocycles. The molecule has 6 heteroatoms. The van der Waals surface area contributed by atoms with Crippen LogP contribution in [0.15, 0.2) is 12.5 Å². The highest BCUT2D eigenvalue weighted by Crippen LogP contribution is 2.22. The van der Waals surface area contributed by atoms with Crippen molar-refractivity contribution < 1.29 is 9.59 Å². The molecule has 2 rings (SSSR count). The molecule has 2 heterocycles. The van der Waals surface area contributed by atoms with E-state index in [1.807, 2.05) is 4.90 Å². The van der Waals surface area contributed by atoms with Gasteiger partial charge in [-0.2, -0.15) is 0 Å². The van der Waals surface area contributed by atoms with E-state index in [4.69, 9.17) is 0 Å². The Morgan fingerprint density at radius 1 is 1.67 bits per heavy atom. The summed E-state index contributed by atoms with van der Waals surface area (Å²) < 4.78 is 0. The lowest BCUT2D eigenvalue weighted by molar-refractivity contribution is -0.127. The molecule has 1 atom stereocenters. The van der Waals surface area contributed by atoms with Gasteiger partial charge in [0.1, 0.15) is 0 Å². The number of H-pyrrole nitrogens is 1. The summed E-state index contributed by atoms with van der Waals surface area (Å²) in [5.41, 5.74) is 1.05. The normalized spacial score (nSPS) is 19.5. The Hall–Kier alpha value is -1.30. The van der Waals surface area contributed by atoms with Crippen LogP contribution in [-0.4, -0.2) is 44.7 Å². The molecule has 0 saturated carbocycles. The van der Waals surface area contributed by atoms with Gasteiger partial charge >= 0.3 is 0 Å². The molecule has 1 aromatic rings. The molecule has 1 aliphatic rings. The summed E-state index contributed by atoms with van der Waals surface area (Å²) in [6, 6.07) is 0. The topological polar surface area (TPSA) is 66.1 Å². The minimum atomic E-state index is 0.123. The molecule has 0 radical (unpaired) electrons. The Bertz CT molecular complexity index is 419. The van der Waals surface area contributed by atoms with E-state index in [2.05, 4.69) is 9.97 Å². The van der Waals surface area contributed by atoms with E-state index >= 15 is 0 Å². The maximum absolute atomic E-state index is 11.8. The zero-order valence-electron chi connectivity index (χ0n) is 10.4. The van der Waals surface area contributed by atoms with Crippen molar-refractivity contribution in [2.45, 2.75) is 19.8 Å². The van der Waals surface area contributed by atoms with E-state index in [1.54, 1.807) is 19.4 Å². The zero-order chi connectivity index (χ0) is 13.0. The summed E-state index contributed by atoms with van der Waals surface area (Å²) in [7, 11) is 0. The Labute approximate surface area is 110 Å². The smallest absolute Gasteiger partial charge is 0.222 e. The average Bonchev–Trinajstić information content (AvgIpc) is 2.93. The summed E-state index contributed by atoms with van der Waals surface area (Å²) in [6.07, 6.45) is 4.80. The molecule has 1 unspecified atom stereocenters. The Balaban J connectivity index is 1.76. The quantitative estimate of drug-likeness (QED) is 0.867. The van der Waals surface area contributed by atoms with Gasteiger partial charge in [-0.3, -0.25) is 9.59 Å². The molecule has 0 aromatic carbocycles. The molecule has 18 heavy (non-hydrogen) atoms. The first-order valence-corrected chi connectivity index (χ1v) is 7.02. The second-order valence-corrected chi connectivity index (χ2v) is 5.74. The van der Waals surface area contributed by atoms with Crippen LogP contribution in [0.5, 0.6) is 0 Å². The minimum Gasteiger partial charge on any atom is -0.348 e. The molecule has 5 nitrogen and oxygen atoms in total. The van der Waals surface area contributed by atoms with Gasteiger partial charge in [0.2, 0.25) is 5.91 Å². The lowest BCUT2D eigenvalue weighted by atomic mass is 10.1. The molecule has 1 saturated heterocycles. The number of rotatable bonds is 5. The van der Waals surface area contributed by atoms with E-state index in [1.165, 1.54) is 11.8 Å². The number of thioether (sulfide) groups is 1. The van der Waals surface area contributed by atoms with Gasteiger partial charge in [0.15, 0.2) is 5.12 Å². The number of nitrogens with one attached hydrogen (secondary N) is 1. The third-order valence-corrected chi connectivity index (χ3v) is 4.07. The fourth-order valence-electron chi connectivity index (χ4n) is 2.09. The molecule has 0 aliphatic carbocycles. The molecule has 0 spiro atoms. The van der Waals surface area contributed by atoms with E-state index in [0.29, 0.717) is 12.3 Å². The molecule has 1 aromatic heterocycles. The van der Waals surface area contributed by atoms with Gasteiger partial charge in [-0.1, -0.05) is 11.8 Å². The van der Waals surface area contributed by atoms with Crippen molar-refractivity contribution in [1.29, 1.82) is 0 Å². The first kappa shape index (κ1) is 13.1. The summed E-state index contributed by atoms with van der Waals surface area (Å²) >= 11 is 1.31. The Kier molecular flexibility index (Phi) is 4.41. The average molecular weight is 267 g/mol. The Morgan fingerprint density at radius 2 is 2.50 bits per heavy atom. The maximum atomic E-state index is 11.8. The maximum Gasteiger partial charge on any atom is 0.222 e. The fraction of sp³-hybridized carbons (Fsp3) is 0.583. The number of hydrogen-bond donors (Lipinski definition) is 1. The number of imidazole rings is 1. The summed E-state index contributed by atoms with van der Waals surface area (Å²) in [4.78, 5) is 31.6. The standard InChI is InChI=1S/C12H17N3O2S/c1-9(16)18-7-10-4-12(17)15(6-10)3-2-11-5-13-8-14-11/h5,8,10H,2-4,6-7H2,1H3,(H,13,14). The zero-order valence-corrected chi connectivity index (χ0v) is 11.2. The Morgan fingerprint density at radius 3 is 3.17 bits per heavy atom. The van der Waals surface area contributed by atoms with Crippen molar-refractivity contribution in [2.24, 2.45) is 5.92 Å². The second-order valence-electron chi connectivity index (χ2n) is 4.54. The van der Waals surface area contributed by atoms with Gasteiger partial charge in [-0.15, -0.1) is 0 Å². The van der Waals surface area contributed by atoms with Crippen LogP contribution >= 0.6 is 11.8 Å². The third-order valence-electron chi connectivity index (χ3n) is 3.02. The monoisotopic (exact) mass is 267 g/mol. The molecular weight excluding hydrogens is 250 g/mol. The predicted molar refractivity (Wildman–Crippen MR) is 70.1 cm³/mol. The molecule has 1 N–H and O–H groups in total. The molecule has 1 fully saturated rings. The summed E-state index contributed by atoms with van der Waals surface area (Å²) in [6.45, 7) is 3.06. The minimum absolute atomic E-state index is 0.123. The van der Waals surface area contributed by atoms with Crippen LogP contribution in [0.3, 0.4) is 0 Å². The molecular formula is C12H17N3O2S. The lowest BCUT2D eigenvalue weighted by Crippen LogP contribution is -2.27. The highest BCUT2D eigenvalue weighted by molar-refractivity contribution is 8.13. The van der Waals surface area contributed by atoms with Crippen molar-refractivity contribution >= 4 is 22.8 Å². The van der Waals surface area contributed by atoms with Crippen molar-refractivity contribution in [3.8, 4) is 0 Å². The van der Waals surface area contributed by atoms with Crippen LogP contribution in [0.2, 0.25) is 0 Å². The summed E-state index contributed by atoms with van der Waals surface area (Å²) in [5.74, 6) is 1.26. The molecule has 98 valence electrons. The fourth-order valence-corrected chi connectivity index (χ4v) is 2.79. The van der Waals surface area contributed by atoms with Crippen molar-refractivity contribution in [3.05, 3.63) is 18.2 Å². The van der Waals surface area contributed by atoms with Gasteiger partial charge in [0.05, 0.1) is 6.33 Å².